The van der Waals surface area contributed by atoms with E-state index in [0.717, 1.165) is 11.6 Å². The van der Waals surface area contributed by atoms with Crippen LogP contribution in [0.3, 0.4) is 0 Å². The predicted octanol–water partition coefficient (Wildman–Crippen LogP) is 5.23. The minimum absolute atomic E-state index is 0.00735. The van der Waals surface area contributed by atoms with Gasteiger partial charge < -0.3 is 15.2 Å². The van der Waals surface area contributed by atoms with Gasteiger partial charge in [-0.25, -0.2) is 14.0 Å². The molecule has 28 heavy (non-hydrogen) atoms. The van der Waals surface area contributed by atoms with E-state index in [2.05, 4.69) is 21.2 Å². The second kappa shape index (κ2) is 8.73. The number of alkyl carbamates (subject to hydrolysis) is 1. The van der Waals surface area contributed by atoms with Crippen LogP contribution in [0.25, 0.3) is 0 Å². The first-order valence-corrected chi connectivity index (χ1v) is 9.50. The van der Waals surface area contributed by atoms with E-state index in [1.807, 2.05) is 39.0 Å². The van der Waals surface area contributed by atoms with Gasteiger partial charge in [0.1, 0.15) is 12.4 Å². The number of nitrogens with one attached hydrogen (secondary N) is 1. The van der Waals surface area contributed by atoms with Crippen LogP contribution in [0.5, 0.6) is 0 Å². The lowest BCUT2D eigenvalue weighted by Crippen LogP contribution is -2.54. The van der Waals surface area contributed by atoms with E-state index in [4.69, 9.17) is 4.74 Å². The maximum Gasteiger partial charge on any atom is 0.408 e. The second-order valence-electron chi connectivity index (χ2n) is 7.76. The van der Waals surface area contributed by atoms with Crippen LogP contribution in [0, 0.1) is 11.2 Å². The minimum atomic E-state index is -1.84. The van der Waals surface area contributed by atoms with Crippen molar-refractivity contribution in [1.82, 2.24) is 5.32 Å². The molecule has 5 nitrogen and oxygen atoms in total. The van der Waals surface area contributed by atoms with Gasteiger partial charge in [-0.05, 0) is 51.0 Å². The Morgan fingerprint density at radius 1 is 1.14 bits per heavy atom. The molecular weight excluding hydrogens is 429 g/mol. The number of carboxylic acids is 1. The number of ether oxygens (including phenoxy) is 1. The van der Waals surface area contributed by atoms with Gasteiger partial charge in [0.15, 0.2) is 5.54 Å². The minimum Gasteiger partial charge on any atom is -0.479 e. The van der Waals surface area contributed by atoms with Gasteiger partial charge in [-0.3, -0.25) is 0 Å². The smallest absolute Gasteiger partial charge is 0.408 e. The highest BCUT2D eigenvalue weighted by atomic mass is 79.9. The monoisotopic (exact) mass is 451 g/mol. The molecule has 0 fully saturated rings. The highest BCUT2D eigenvalue weighted by Gasteiger charge is 2.45. The van der Waals surface area contributed by atoms with Gasteiger partial charge in [-0.15, -0.1) is 0 Å². The molecule has 2 aromatic carbocycles. The van der Waals surface area contributed by atoms with Crippen LogP contribution in [0.4, 0.5) is 9.18 Å². The maximum absolute atomic E-state index is 14.1. The van der Waals surface area contributed by atoms with Gasteiger partial charge in [-0.1, -0.05) is 57.2 Å². The Morgan fingerprint density at radius 3 is 2.32 bits per heavy atom. The molecule has 2 rings (SSSR count). The summed E-state index contributed by atoms with van der Waals surface area (Å²) >= 11 is 3.06. The van der Waals surface area contributed by atoms with E-state index in [0.29, 0.717) is 0 Å². The van der Waals surface area contributed by atoms with Gasteiger partial charge in [0, 0.05) is 0 Å². The summed E-state index contributed by atoms with van der Waals surface area (Å²) < 4.78 is 19.5. The molecule has 1 amide bonds. The van der Waals surface area contributed by atoms with Gasteiger partial charge in [0.25, 0.3) is 0 Å². The zero-order chi connectivity index (χ0) is 20.9. The van der Waals surface area contributed by atoms with E-state index in [9.17, 15) is 19.1 Å². The van der Waals surface area contributed by atoms with Crippen molar-refractivity contribution in [2.45, 2.75) is 39.3 Å². The molecule has 0 saturated carbocycles. The Balaban J connectivity index is 2.34. The van der Waals surface area contributed by atoms with Crippen molar-refractivity contribution < 1.29 is 23.8 Å². The van der Waals surface area contributed by atoms with Crippen LogP contribution in [0.15, 0.2) is 53.0 Å². The lowest BCUT2D eigenvalue weighted by Gasteiger charge is -2.36. The Bertz CT molecular complexity index is 851. The number of hydrogen-bond acceptors (Lipinski definition) is 3. The number of hydrogen-bond donors (Lipinski definition) is 2. The SMILES string of the molecule is CC(C)(C)CC(NC(=O)OCc1ccccc1)(C(=O)O)c1ccc(Br)c(F)c1. The molecule has 0 aliphatic heterocycles. The van der Waals surface area contributed by atoms with Crippen LogP contribution in [0.2, 0.25) is 0 Å². The molecule has 1 atom stereocenters. The van der Waals surface area contributed by atoms with Gasteiger partial charge in [0.2, 0.25) is 0 Å². The first-order valence-electron chi connectivity index (χ1n) is 8.71. The number of amides is 1. The first kappa shape index (κ1) is 21.9. The zero-order valence-corrected chi connectivity index (χ0v) is 17.5. The van der Waals surface area contributed by atoms with Crippen molar-refractivity contribution >= 4 is 28.0 Å². The third kappa shape index (κ3) is 5.55. The highest BCUT2D eigenvalue weighted by Crippen LogP contribution is 2.36. The third-order valence-electron chi connectivity index (χ3n) is 4.10. The van der Waals surface area contributed by atoms with Crippen LogP contribution in [-0.2, 0) is 21.7 Å². The first-order chi connectivity index (χ1) is 13.0. The lowest BCUT2D eigenvalue weighted by molar-refractivity contribution is -0.146. The Kier molecular flexibility index (Phi) is 6.82. The number of carboxylic acid groups (broad SMARTS) is 1. The quantitative estimate of drug-likeness (QED) is 0.630. The van der Waals surface area contributed by atoms with Crippen molar-refractivity contribution in [3.63, 3.8) is 0 Å². The lowest BCUT2D eigenvalue weighted by atomic mass is 9.75. The molecule has 0 spiro atoms. The van der Waals surface area contributed by atoms with E-state index >= 15 is 0 Å². The molecule has 2 aromatic rings. The largest absolute Gasteiger partial charge is 0.479 e. The molecule has 2 N–H and O–H groups in total. The van der Waals surface area contributed by atoms with Crippen molar-refractivity contribution in [2.75, 3.05) is 0 Å². The van der Waals surface area contributed by atoms with Crippen LogP contribution < -0.4 is 5.32 Å². The normalized spacial score (nSPS) is 13.5. The molecule has 7 heteroatoms. The van der Waals surface area contributed by atoms with Crippen molar-refractivity contribution in [3.05, 3.63) is 69.9 Å². The number of carbonyl (C=O) groups excluding carboxylic acids is 1. The summed E-state index contributed by atoms with van der Waals surface area (Å²) in [7, 11) is 0. The van der Waals surface area contributed by atoms with Crippen LogP contribution in [-0.4, -0.2) is 17.2 Å². The van der Waals surface area contributed by atoms with Gasteiger partial charge in [-0.2, -0.15) is 0 Å². The summed E-state index contributed by atoms with van der Waals surface area (Å²) in [6.07, 6.45) is -0.851. The molecule has 0 saturated heterocycles. The molecule has 0 aliphatic rings. The van der Waals surface area contributed by atoms with Crippen molar-refractivity contribution in [2.24, 2.45) is 5.41 Å². The fourth-order valence-corrected chi connectivity index (χ4v) is 3.21. The summed E-state index contributed by atoms with van der Waals surface area (Å²) in [6, 6.07) is 13.0. The molecule has 1 unspecified atom stereocenters. The fraction of sp³-hybridized carbons (Fsp3) is 0.333. The summed E-state index contributed by atoms with van der Waals surface area (Å²) in [6.45, 7) is 5.53. The van der Waals surface area contributed by atoms with E-state index < -0.39 is 28.8 Å². The molecule has 150 valence electrons. The molecular formula is C21H23BrFNO4. The Labute approximate surface area is 172 Å². The Morgan fingerprint density at radius 2 is 1.79 bits per heavy atom. The predicted molar refractivity (Wildman–Crippen MR) is 107 cm³/mol. The van der Waals surface area contributed by atoms with Crippen molar-refractivity contribution in [3.8, 4) is 0 Å². The molecule has 0 radical (unpaired) electrons. The molecule has 0 aliphatic carbocycles. The standard InChI is InChI=1S/C21H23BrFNO4/c1-20(2,3)13-21(18(25)26,15-9-10-16(22)17(23)11-15)24-19(27)28-12-14-7-5-4-6-8-14/h4-11H,12-13H2,1-3H3,(H,24,27)(H,25,26). The summed E-state index contributed by atoms with van der Waals surface area (Å²) in [5, 5.41) is 12.5. The number of benzene rings is 2. The zero-order valence-electron chi connectivity index (χ0n) is 16.0. The molecule has 0 heterocycles. The second-order valence-corrected chi connectivity index (χ2v) is 8.62. The molecule has 0 bridgehead atoms. The average molecular weight is 452 g/mol. The van der Waals surface area contributed by atoms with Crippen molar-refractivity contribution in [1.29, 1.82) is 0 Å². The van der Waals surface area contributed by atoms with Crippen LogP contribution in [0.1, 0.15) is 38.3 Å². The topological polar surface area (TPSA) is 75.6 Å². The van der Waals surface area contributed by atoms with Crippen LogP contribution >= 0.6 is 15.9 Å². The number of halogens is 2. The number of rotatable bonds is 6. The van der Waals surface area contributed by atoms with Gasteiger partial charge in [0.05, 0.1) is 4.47 Å². The van der Waals surface area contributed by atoms with E-state index in [-0.39, 0.29) is 23.1 Å². The fourth-order valence-electron chi connectivity index (χ4n) is 2.96. The van der Waals surface area contributed by atoms with E-state index in [1.54, 1.807) is 12.1 Å². The average Bonchev–Trinajstić information content (AvgIpc) is 2.61. The summed E-state index contributed by atoms with van der Waals surface area (Å²) in [5.74, 6) is -1.91. The maximum atomic E-state index is 14.1. The summed E-state index contributed by atoms with van der Waals surface area (Å²) in [4.78, 5) is 24.7. The Hall–Kier alpha value is -2.41. The third-order valence-corrected chi connectivity index (χ3v) is 4.74. The molecule has 0 aromatic heterocycles. The van der Waals surface area contributed by atoms with E-state index in [1.165, 1.54) is 12.1 Å². The summed E-state index contributed by atoms with van der Waals surface area (Å²) in [5.41, 5.74) is -1.42. The van der Waals surface area contributed by atoms with Gasteiger partial charge >= 0.3 is 12.1 Å². The number of aliphatic carboxylic acids is 1. The number of carbonyl (C=O) groups is 2. The highest BCUT2D eigenvalue weighted by molar-refractivity contribution is 9.10.